The zero-order valence-electron chi connectivity index (χ0n) is 11.1. The van der Waals surface area contributed by atoms with Crippen LogP contribution in [0.25, 0.3) is 0 Å². The Morgan fingerprint density at radius 1 is 0.889 bits per heavy atom. The summed E-state index contributed by atoms with van der Waals surface area (Å²) in [7, 11) is 0. The van der Waals surface area contributed by atoms with E-state index in [2.05, 4.69) is 4.90 Å². The Balaban J connectivity index is 1.68. The summed E-state index contributed by atoms with van der Waals surface area (Å²) in [5.41, 5.74) is 0. The molecule has 0 spiro atoms. The van der Waals surface area contributed by atoms with Gasteiger partial charge in [-0.05, 0) is 38.5 Å². The Morgan fingerprint density at radius 3 is 2.00 bits per heavy atom. The monoisotopic (exact) mass is 269 g/mol. The van der Waals surface area contributed by atoms with Crippen molar-refractivity contribution in [3.63, 3.8) is 0 Å². The van der Waals surface area contributed by atoms with E-state index in [4.69, 9.17) is 11.6 Å². The molecule has 2 saturated heterocycles. The summed E-state index contributed by atoms with van der Waals surface area (Å²) < 4.78 is 0. The van der Waals surface area contributed by atoms with E-state index >= 15 is 0 Å². The third-order valence-electron chi connectivity index (χ3n) is 5.13. The summed E-state index contributed by atoms with van der Waals surface area (Å²) in [6.07, 6.45) is 11.8. The molecule has 0 aromatic carbocycles. The molecule has 2 atom stereocenters. The van der Waals surface area contributed by atoms with E-state index in [9.17, 15) is 4.79 Å². The zero-order chi connectivity index (χ0) is 12.5. The molecule has 0 N–H and O–H groups in total. The van der Waals surface area contributed by atoms with Crippen molar-refractivity contribution in [1.29, 1.82) is 0 Å². The molecule has 18 heavy (non-hydrogen) atoms. The van der Waals surface area contributed by atoms with Gasteiger partial charge < -0.3 is 4.90 Å². The molecule has 0 radical (unpaired) electrons. The van der Waals surface area contributed by atoms with Crippen LogP contribution >= 0.6 is 11.6 Å². The van der Waals surface area contributed by atoms with Crippen LogP contribution in [0.4, 0.5) is 0 Å². The molecule has 3 aliphatic rings. The number of fused-ring (bicyclic) bond motifs is 2. The fraction of sp³-hybridized carbons (Fsp3) is 0.933. The van der Waals surface area contributed by atoms with E-state index in [1.807, 2.05) is 0 Å². The van der Waals surface area contributed by atoms with Gasteiger partial charge in [-0.1, -0.05) is 25.7 Å². The molecule has 102 valence electrons. The summed E-state index contributed by atoms with van der Waals surface area (Å²) in [6, 6.07) is 0.920. The molecule has 1 aliphatic carbocycles. The van der Waals surface area contributed by atoms with E-state index in [-0.39, 0.29) is 0 Å². The number of halogens is 1. The van der Waals surface area contributed by atoms with Gasteiger partial charge in [0.25, 0.3) is 0 Å². The van der Waals surface area contributed by atoms with Crippen LogP contribution in [-0.2, 0) is 4.79 Å². The van der Waals surface area contributed by atoms with Crippen LogP contribution < -0.4 is 0 Å². The lowest BCUT2D eigenvalue weighted by Crippen LogP contribution is -2.49. The zero-order valence-corrected chi connectivity index (χ0v) is 11.9. The van der Waals surface area contributed by atoms with Crippen LogP contribution in [0.1, 0.15) is 64.2 Å². The summed E-state index contributed by atoms with van der Waals surface area (Å²) in [5, 5.41) is 0.306. The third-order valence-corrected chi connectivity index (χ3v) is 5.49. The molecule has 2 unspecified atom stereocenters. The highest BCUT2D eigenvalue weighted by Crippen LogP contribution is 2.39. The predicted molar refractivity (Wildman–Crippen MR) is 73.7 cm³/mol. The van der Waals surface area contributed by atoms with Crippen molar-refractivity contribution < 1.29 is 4.79 Å². The number of carbonyl (C=O) groups excluding carboxylic acids is 1. The van der Waals surface area contributed by atoms with Gasteiger partial charge in [0.2, 0.25) is 5.91 Å². The van der Waals surface area contributed by atoms with Crippen molar-refractivity contribution in [2.45, 2.75) is 81.7 Å². The van der Waals surface area contributed by atoms with E-state index in [0.717, 1.165) is 25.7 Å². The molecule has 2 aliphatic heterocycles. The second kappa shape index (κ2) is 5.40. The number of hydrogen-bond acceptors (Lipinski definition) is 1. The summed E-state index contributed by atoms with van der Waals surface area (Å²) in [5.74, 6) is 0.787. The van der Waals surface area contributed by atoms with Gasteiger partial charge in [0.1, 0.15) is 0 Å². The molecular weight excluding hydrogens is 246 g/mol. The van der Waals surface area contributed by atoms with Crippen LogP contribution in [0, 0.1) is 5.92 Å². The van der Waals surface area contributed by atoms with Crippen molar-refractivity contribution in [2.24, 2.45) is 5.92 Å². The Hall–Kier alpha value is -0.240. The SMILES string of the molecule is O=C(C1CCCCCC1)N1C2CCC1CC(Cl)C2. The smallest absolute Gasteiger partial charge is 0.226 e. The van der Waals surface area contributed by atoms with E-state index in [0.29, 0.717) is 29.3 Å². The number of piperidine rings is 1. The molecule has 0 aromatic heterocycles. The number of rotatable bonds is 1. The fourth-order valence-corrected chi connectivity index (χ4v) is 4.62. The second-order valence-corrected chi connectivity index (χ2v) is 7.00. The van der Waals surface area contributed by atoms with Gasteiger partial charge in [-0.3, -0.25) is 4.79 Å². The van der Waals surface area contributed by atoms with Gasteiger partial charge in [-0.15, -0.1) is 11.6 Å². The van der Waals surface area contributed by atoms with Crippen molar-refractivity contribution in [3.8, 4) is 0 Å². The fourth-order valence-electron chi connectivity index (χ4n) is 4.21. The average molecular weight is 270 g/mol. The first-order valence-electron chi connectivity index (χ1n) is 7.72. The number of amides is 1. The predicted octanol–water partition coefficient (Wildman–Crippen LogP) is 3.72. The molecule has 1 saturated carbocycles. The van der Waals surface area contributed by atoms with Gasteiger partial charge in [-0.25, -0.2) is 0 Å². The molecule has 3 fully saturated rings. The minimum atomic E-state index is 0.306. The normalized spacial score (nSPS) is 37.6. The highest BCUT2D eigenvalue weighted by atomic mass is 35.5. The molecule has 3 rings (SSSR count). The van der Waals surface area contributed by atoms with Crippen LogP contribution in [0.2, 0.25) is 0 Å². The van der Waals surface area contributed by atoms with Crippen LogP contribution in [-0.4, -0.2) is 28.3 Å². The first kappa shape index (κ1) is 12.8. The molecule has 0 aromatic rings. The number of alkyl halides is 1. The van der Waals surface area contributed by atoms with Gasteiger partial charge in [0, 0.05) is 23.4 Å². The summed E-state index contributed by atoms with van der Waals surface area (Å²) >= 11 is 6.29. The maximum atomic E-state index is 12.8. The van der Waals surface area contributed by atoms with E-state index in [1.54, 1.807) is 0 Å². The maximum absolute atomic E-state index is 12.8. The second-order valence-electron chi connectivity index (χ2n) is 6.39. The molecule has 2 bridgehead atoms. The third kappa shape index (κ3) is 2.41. The minimum absolute atomic E-state index is 0.306. The number of nitrogens with zero attached hydrogens (tertiary/aromatic N) is 1. The highest BCUT2D eigenvalue weighted by molar-refractivity contribution is 6.20. The van der Waals surface area contributed by atoms with Crippen LogP contribution in [0.5, 0.6) is 0 Å². The van der Waals surface area contributed by atoms with Crippen molar-refractivity contribution >= 4 is 17.5 Å². The number of carbonyl (C=O) groups is 1. The first-order chi connectivity index (χ1) is 8.75. The quantitative estimate of drug-likeness (QED) is 0.525. The van der Waals surface area contributed by atoms with Gasteiger partial charge in [0.05, 0.1) is 0 Å². The standard InChI is InChI=1S/C15H24ClNO/c16-12-9-13-7-8-14(10-12)17(13)15(18)11-5-3-1-2-4-6-11/h11-14H,1-10H2. The lowest BCUT2D eigenvalue weighted by atomic mass is 9.94. The van der Waals surface area contributed by atoms with Crippen LogP contribution in [0.3, 0.4) is 0 Å². The Kier molecular flexibility index (Phi) is 3.83. The molecule has 1 amide bonds. The number of hydrogen-bond donors (Lipinski definition) is 0. The van der Waals surface area contributed by atoms with Gasteiger partial charge in [0.15, 0.2) is 0 Å². The summed E-state index contributed by atoms with van der Waals surface area (Å²) in [4.78, 5) is 15.0. The average Bonchev–Trinajstić information content (AvgIpc) is 2.59. The Morgan fingerprint density at radius 2 is 1.44 bits per heavy atom. The molecule has 2 heterocycles. The van der Waals surface area contributed by atoms with Crippen molar-refractivity contribution in [1.82, 2.24) is 4.90 Å². The molecular formula is C15H24ClNO. The van der Waals surface area contributed by atoms with Crippen LogP contribution in [0.15, 0.2) is 0 Å². The topological polar surface area (TPSA) is 20.3 Å². The van der Waals surface area contributed by atoms with Crippen molar-refractivity contribution in [2.75, 3.05) is 0 Å². The molecule has 2 nitrogen and oxygen atoms in total. The van der Waals surface area contributed by atoms with Crippen molar-refractivity contribution in [3.05, 3.63) is 0 Å². The largest absolute Gasteiger partial charge is 0.336 e. The maximum Gasteiger partial charge on any atom is 0.226 e. The van der Waals surface area contributed by atoms with Gasteiger partial charge in [-0.2, -0.15) is 0 Å². The van der Waals surface area contributed by atoms with E-state index < -0.39 is 0 Å². The first-order valence-corrected chi connectivity index (χ1v) is 8.15. The lowest BCUT2D eigenvalue weighted by molar-refractivity contribution is -0.140. The highest BCUT2D eigenvalue weighted by Gasteiger charge is 2.44. The van der Waals surface area contributed by atoms with Gasteiger partial charge >= 0.3 is 0 Å². The van der Waals surface area contributed by atoms with E-state index in [1.165, 1.54) is 38.5 Å². The lowest BCUT2D eigenvalue weighted by Gasteiger charge is -2.39. The summed E-state index contributed by atoms with van der Waals surface area (Å²) in [6.45, 7) is 0. The Labute approximate surface area is 115 Å². The Bertz CT molecular complexity index is 298. The minimum Gasteiger partial charge on any atom is -0.336 e. The molecule has 3 heteroatoms.